The summed E-state index contributed by atoms with van der Waals surface area (Å²) >= 11 is 5.91. The lowest BCUT2D eigenvalue weighted by molar-refractivity contribution is -0.384. The van der Waals surface area contributed by atoms with E-state index in [4.69, 9.17) is 16.3 Å². The van der Waals surface area contributed by atoms with Crippen LogP contribution in [-0.4, -0.2) is 23.4 Å². The maximum Gasteiger partial charge on any atom is 0.340 e. The van der Waals surface area contributed by atoms with Gasteiger partial charge in [0.15, 0.2) is 6.61 Å². The quantitative estimate of drug-likeness (QED) is 0.366. The fraction of sp³-hybridized carbons (Fsp3) is 0.143. The average molecular weight is 413 g/mol. The number of carbonyl (C=O) groups excluding carboxylic acids is 2. The van der Waals surface area contributed by atoms with Gasteiger partial charge in [-0.25, -0.2) is 4.79 Å². The predicted molar refractivity (Wildman–Crippen MR) is 109 cm³/mol. The summed E-state index contributed by atoms with van der Waals surface area (Å²) in [5.74, 6) is -1.41. The number of hydrogen-bond acceptors (Lipinski definition) is 5. The smallest absolute Gasteiger partial charge is 0.340 e. The number of non-ortho nitro benzene ring substituents is 1. The number of carbonyl (C=O) groups is 2. The Labute approximate surface area is 171 Å². The molecule has 0 fully saturated rings. The van der Waals surface area contributed by atoms with Crippen molar-refractivity contribution in [1.29, 1.82) is 0 Å². The van der Waals surface area contributed by atoms with E-state index in [-0.39, 0.29) is 22.3 Å². The van der Waals surface area contributed by atoms with E-state index in [0.717, 1.165) is 22.4 Å². The Kier molecular flexibility index (Phi) is 6.09. The molecule has 3 aromatic carbocycles. The number of amides is 1. The van der Waals surface area contributed by atoms with E-state index >= 15 is 0 Å². The number of nitro benzene ring substituents is 1. The molecule has 0 aliphatic carbocycles. The maximum absolute atomic E-state index is 12.2. The highest BCUT2D eigenvalue weighted by atomic mass is 35.5. The molecule has 148 valence electrons. The van der Waals surface area contributed by atoms with Crippen molar-refractivity contribution in [2.24, 2.45) is 0 Å². The van der Waals surface area contributed by atoms with E-state index in [1.807, 2.05) is 49.4 Å². The van der Waals surface area contributed by atoms with E-state index in [0.29, 0.717) is 0 Å². The first-order valence-electron chi connectivity index (χ1n) is 8.75. The molecular weight excluding hydrogens is 396 g/mol. The number of esters is 1. The highest BCUT2D eigenvalue weighted by Crippen LogP contribution is 2.24. The number of nitrogens with zero attached hydrogens (tertiary/aromatic N) is 1. The van der Waals surface area contributed by atoms with Crippen LogP contribution >= 0.6 is 11.6 Å². The standard InChI is InChI=1S/C21H17ClN2O5/c1-13(16-8-4-6-14-5-2-3-7-17(14)16)23-20(25)12-29-21(26)18-11-15(24(27)28)9-10-19(18)22/h2-11,13H,12H2,1H3,(H,23,25). The summed E-state index contributed by atoms with van der Waals surface area (Å²) in [6, 6.07) is 16.7. The Bertz CT molecular complexity index is 1090. The van der Waals surface area contributed by atoms with Crippen LogP contribution in [0.3, 0.4) is 0 Å². The van der Waals surface area contributed by atoms with Gasteiger partial charge in [-0.1, -0.05) is 54.1 Å². The van der Waals surface area contributed by atoms with Crippen LogP contribution in [0.1, 0.15) is 28.9 Å². The second-order valence-electron chi connectivity index (χ2n) is 6.35. The predicted octanol–water partition coefficient (Wildman–Crippen LogP) is 4.44. The van der Waals surface area contributed by atoms with Crippen LogP contribution in [0.5, 0.6) is 0 Å². The Morgan fingerprint density at radius 2 is 1.86 bits per heavy atom. The number of halogens is 1. The SMILES string of the molecule is CC(NC(=O)COC(=O)c1cc([N+](=O)[O-])ccc1Cl)c1cccc2ccccc12. The van der Waals surface area contributed by atoms with Crippen LogP contribution in [0.25, 0.3) is 10.8 Å². The summed E-state index contributed by atoms with van der Waals surface area (Å²) in [5, 5.41) is 15.7. The molecule has 3 rings (SSSR count). The van der Waals surface area contributed by atoms with Crippen LogP contribution in [0.15, 0.2) is 60.7 Å². The fourth-order valence-corrected chi connectivity index (χ4v) is 3.18. The number of benzene rings is 3. The third-order valence-electron chi connectivity index (χ3n) is 4.38. The fourth-order valence-electron chi connectivity index (χ4n) is 2.98. The normalized spacial score (nSPS) is 11.7. The number of nitrogens with one attached hydrogen (secondary N) is 1. The number of hydrogen-bond donors (Lipinski definition) is 1. The molecule has 0 radical (unpaired) electrons. The summed E-state index contributed by atoms with van der Waals surface area (Å²) in [5.41, 5.74) is 0.468. The molecule has 0 spiro atoms. The lowest BCUT2D eigenvalue weighted by atomic mass is 10.00. The third kappa shape index (κ3) is 4.70. The van der Waals surface area contributed by atoms with Crippen molar-refractivity contribution in [2.45, 2.75) is 13.0 Å². The van der Waals surface area contributed by atoms with Gasteiger partial charge in [-0.15, -0.1) is 0 Å². The van der Waals surface area contributed by atoms with Gasteiger partial charge in [0.2, 0.25) is 0 Å². The minimum Gasteiger partial charge on any atom is -0.452 e. The molecule has 1 atom stereocenters. The Morgan fingerprint density at radius 1 is 1.14 bits per heavy atom. The number of ether oxygens (including phenoxy) is 1. The topological polar surface area (TPSA) is 98.5 Å². The zero-order valence-corrected chi connectivity index (χ0v) is 16.2. The van der Waals surface area contributed by atoms with Crippen LogP contribution in [0.2, 0.25) is 5.02 Å². The van der Waals surface area contributed by atoms with Crippen molar-refractivity contribution < 1.29 is 19.2 Å². The van der Waals surface area contributed by atoms with Gasteiger partial charge in [0.1, 0.15) is 0 Å². The second-order valence-corrected chi connectivity index (χ2v) is 6.76. The minimum absolute atomic E-state index is 0.00475. The van der Waals surface area contributed by atoms with Gasteiger partial charge in [-0.3, -0.25) is 14.9 Å². The van der Waals surface area contributed by atoms with Crippen LogP contribution < -0.4 is 5.32 Å². The molecule has 1 unspecified atom stereocenters. The lowest BCUT2D eigenvalue weighted by Gasteiger charge is -2.16. The molecule has 0 saturated carbocycles. The van der Waals surface area contributed by atoms with Gasteiger partial charge in [-0.05, 0) is 29.3 Å². The van der Waals surface area contributed by atoms with Gasteiger partial charge in [0, 0.05) is 12.1 Å². The van der Waals surface area contributed by atoms with Crippen molar-refractivity contribution in [2.75, 3.05) is 6.61 Å². The van der Waals surface area contributed by atoms with Crippen molar-refractivity contribution in [3.05, 3.63) is 86.9 Å². The van der Waals surface area contributed by atoms with Crippen LogP contribution in [0.4, 0.5) is 5.69 Å². The van der Waals surface area contributed by atoms with E-state index in [1.165, 1.54) is 12.1 Å². The van der Waals surface area contributed by atoms with Crippen molar-refractivity contribution in [3.8, 4) is 0 Å². The summed E-state index contributed by atoms with van der Waals surface area (Å²) < 4.78 is 4.97. The molecule has 7 nitrogen and oxygen atoms in total. The first-order chi connectivity index (χ1) is 13.9. The largest absolute Gasteiger partial charge is 0.452 e. The first kappa shape index (κ1) is 20.3. The van der Waals surface area contributed by atoms with E-state index < -0.39 is 23.4 Å². The molecule has 8 heteroatoms. The highest BCUT2D eigenvalue weighted by Gasteiger charge is 2.19. The molecule has 1 N–H and O–H groups in total. The molecule has 1 amide bonds. The maximum atomic E-state index is 12.2. The third-order valence-corrected chi connectivity index (χ3v) is 4.71. The van der Waals surface area contributed by atoms with E-state index in [2.05, 4.69) is 5.32 Å². The van der Waals surface area contributed by atoms with Crippen LogP contribution in [-0.2, 0) is 9.53 Å². The van der Waals surface area contributed by atoms with Gasteiger partial charge in [-0.2, -0.15) is 0 Å². The van der Waals surface area contributed by atoms with Gasteiger partial charge in [0.25, 0.3) is 11.6 Å². The van der Waals surface area contributed by atoms with Crippen molar-refractivity contribution in [1.82, 2.24) is 5.32 Å². The first-order valence-corrected chi connectivity index (χ1v) is 9.12. The summed E-state index contributed by atoms with van der Waals surface area (Å²) in [4.78, 5) is 34.6. The summed E-state index contributed by atoms with van der Waals surface area (Å²) in [7, 11) is 0. The minimum atomic E-state index is -0.910. The average Bonchev–Trinajstić information content (AvgIpc) is 2.71. The zero-order valence-electron chi connectivity index (χ0n) is 15.4. The molecule has 0 aliphatic heterocycles. The monoisotopic (exact) mass is 412 g/mol. The van der Waals surface area contributed by atoms with Gasteiger partial charge in [0.05, 0.1) is 21.6 Å². The Morgan fingerprint density at radius 3 is 2.62 bits per heavy atom. The van der Waals surface area contributed by atoms with E-state index in [9.17, 15) is 19.7 Å². The summed E-state index contributed by atoms with van der Waals surface area (Å²) in [6.45, 7) is 1.30. The summed E-state index contributed by atoms with van der Waals surface area (Å²) in [6.07, 6.45) is 0. The van der Waals surface area contributed by atoms with E-state index in [1.54, 1.807) is 0 Å². The Hall–Kier alpha value is -3.45. The molecule has 0 saturated heterocycles. The number of nitro groups is 1. The number of fused-ring (bicyclic) bond motifs is 1. The molecule has 0 bridgehead atoms. The Balaban J connectivity index is 1.64. The molecule has 0 aromatic heterocycles. The van der Waals surface area contributed by atoms with Gasteiger partial charge < -0.3 is 10.1 Å². The van der Waals surface area contributed by atoms with Crippen LogP contribution in [0, 0.1) is 10.1 Å². The molecule has 3 aromatic rings. The molecule has 0 heterocycles. The molecule has 29 heavy (non-hydrogen) atoms. The molecular formula is C21H17ClN2O5. The second kappa shape index (κ2) is 8.70. The lowest BCUT2D eigenvalue weighted by Crippen LogP contribution is -2.31. The number of rotatable bonds is 6. The van der Waals surface area contributed by atoms with Gasteiger partial charge >= 0.3 is 5.97 Å². The zero-order chi connectivity index (χ0) is 21.0. The van der Waals surface area contributed by atoms with Crippen molar-refractivity contribution >= 4 is 39.9 Å². The highest BCUT2D eigenvalue weighted by molar-refractivity contribution is 6.33. The van der Waals surface area contributed by atoms with Crippen molar-refractivity contribution in [3.63, 3.8) is 0 Å². The molecule has 0 aliphatic rings.